The van der Waals surface area contributed by atoms with Crippen molar-refractivity contribution in [2.45, 2.75) is 12.6 Å². The molecule has 1 aliphatic rings. The molecule has 0 fully saturated rings. The molecule has 0 spiro atoms. The number of carbonyl (C=O) groups excluding carboxylic acids is 2. The van der Waals surface area contributed by atoms with Crippen LogP contribution in [0.2, 0.25) is 5.02 Å². The average molecular weight is 463 g/mol. The predicted octanol–water partition coefficient (Wildman–Crippen LogP) is 5.40. The number of hydrogen-bond acceptors (Lipinski definition) is 5. The standard InChI is InChI=1S/C25H16ClFN2O4/c26-17-3-6-19-16(11-17)12-20(33-19)23(30)21-22(15-7-9-28-10-8-15)29(25(32)24(21)31)13-14-1-4-18(27)5-2-14/h1-12,22,31H,13H2. The molecule has 164 valence electrons. The monoisotopic (exact) mass is 462 g/mol. The largest absolute Gasteiger partial charge is 0.503 e. The fourth-order valence-electron chi connectivity index (χ4n) is 3.99. The van der Waals surface area contributed by atoms with Crippen LogP contribution in [0.25, 0.3) is 11.0 Å². The van der Waals surface area contributed by atoms with Crippen LogP contribution in [0.4, 0.5) is 4.39 Å². The number of furan rings is 1. The molecule has 33 heavy (non-hydrogen) atoms. The molecule has 0 aliphatic carbocycles. The Hall–Kier alpha value is -3.97. The second kappa shape index (κ2) is 8.18. The number of pyridine rings is 1. The minimum absolute atomic E-state index is 0.0238. The lowest BCUT2D eigenvalue weighted by molar-refractivity contribution is -0.130. The van der Waals surface area contributed by atoms with E-state index in [4.69, 9.17) is 16.0 Å². The highest BCUT2D eigenvalue weighted by molar-refractivity contribution is 6.31. The second-order valence-electron chi connectivity index (χ2n) is 7.63. The van der Waals surface area contributed by atoms with Crippen LogP contribution in [0.15, 0.2) is 88.8 Å². The zero-order valence-corrected chi connectivity index (χ0v) is 17.8. The molecule has 6 nitrogen and oxygen atoms in total. The minimum atomic E-state index is -0.880. The van der Waals surface area contributed by atoms with Crippen molar-refractivity contribution < 1.29 is 23.5 Å². The van der Waals surface area contributed by atoms with E-state index in [1.54, 1.807) is 42.5 Å². The molecular weight excluding hydrogens is 447 g/mol. The van der Waals surface area contributed by atoms with Crippen LogP contribution in [0.5, 0.6) is 0 Å². The predicted molar refractivity (Wildman–Crippen MR) is 119 cm³/mol. The van der Waals surface area contributed by atoms with E-state index < -0.39 is 29.3 Å². The average Bonchev–Trinajstić information content (AvgIpc) is 3.35. The summed E-state index contributed by atoms with van der Waals surface area (Å²) in [6, 6.07) is 14.6. The van der Waals surface area contributed by atoms with Crippen LogP contribution in [0.3, 0.4) is 0 Å². The number of halogens is 2. The molecule has 0 radical (unpaired) electrons. The van der Waals surface area contributed by atoms with E-state index in [1.165, 1.54) is 35.5 Å². The molecule has 3 heterocycles. The van der Waals surface area contributed by atoms with Gasteiger partial charge in [-0.1, -0.05) is 23.7 Å². The summed E-state index contributed by atoms with van der Waals surface area (Å²) < 4.78 is 19.0. The van der Waals surface area contributed by atoms with Crippen LogP contribution in [-0.4, -0.2) is 26.7 Å². The number of aliphatic hydroxyl groups is 1. The highest BCUT2D eigenvalue weighted by atomic mass is 35.5. The summed E-state index contributed by atoms with van der Waals surface area (Å²) in [6.07, 6.45) is 3.08. The first-order chi connectivity index (χ1) is 15.9. The molecule has 1 amide bonds. The van der Waals surface area contributed by atoms with Crippen molar-refractivity contribution in [1.82, 2.24) is 9.88 Å². The van der Waals surface area contributed by atoms with Gasteiger partial charge in [-0.05, 0) is 59.7 Å². The van der Waals surface area contributed by atoms with Gasteiger partial charge in [-0.3, -0.25) is 14.6 Å². The number of benzene rings is 2. The molecule has 2 aromatic carbocycles. The summed E-state index contributed by atoms with van der Waals surface area (Å²) in [4.78, 5) is 31.9. The molecule has 4 aromatic rings. The SMILES string of the molecule is O=C(C1=C(O)C(=O)N(Cc2ccc(F)cc2)C1c1ccncc1)c1cc2cc(Cl)ccc2o1. The summed E-state index contributed by atoms with van der Waals surface area (Å²) in [5.74, 6) is -2.40. The van der Waals surface area contributed by atoms with Gasteiger partial charge in [0.2, 0.25) is 5.78 Å². The fourth-order valence-corrected chi connectivity index (χ4v) is 4.17. The molecular formula is C25H16ClFN2O4. The van der Waals surface area contributed by atoms with Gasteiger partial charge in [0.15, 0.2) is 11.5 Å². The number of rotatable bonds is 5. The Kier molecular flexibility index (Phi) is 5.18. The van der Waals surface area contributed by atoms with Crippen molar-refractivity contribution in [2.75, 3.05) is 0 Å². The number of nitrogens with zero attached hydrogens (tertiary/aromatic N) is 2. The third-order valence-corrected chi connectivity index (χ3v) is 5.77. The van der Waals surface area contributed by atoms with Gasteiger partial charge in [0, 0.05) is 29.3 Å². The van der Waals surface area contributed by atoms with E-state index in [0.717, 1.165) is 0 Å². The van der Waals surface area contributed by atoms with Crippen molar-refractivity contribution in [2.24, 2.45) is 0 Å². The number of aromatic nitrogens is 1. The smallest absolute Gasteiger partial charge is 0.290 e. The van der Waals surface area contributed by atoms with Gasteiger partial charge in [-0.25, -0.2) is 4.39 Å². The molecule has 0 saturated heterocycles. The van der Waals surface area contributed by atoms with E-state index in [9.17, 15) is 19.1 Å². The Morgan fingerprint density at radius 3 is 2.55 bits per heavy atom. The van der Waals surface area contributed by atoms with E-state index in [1.807, 2.05) is 0 Å². The minimum Gasteiger partial charge on any atom is -0.503 e. The number of fused-ring (bicyclic) bond motifs is 1. The molecule has 1 N–H and O–H groups in total. The van der Waals surface area contributed by atoms with Crippen molar-refractivity contribution in [3.8, 4) is 0 Å². The Bertz CT molecular complexity index is 1410. The maximum absolute atomic E-state index is 13.5. The van der Waals surface area contributed by atoms with Gasteiger partial charge >= 0.3 is 0 Å². The van der Waals surface area contributed by atoms with Gasteiger partial charge in [0.25, 0.3) is 5.91 Å². The van der Waals surface area contributed by atoms with Gasteiger partial charge in [0.1, 0.15) is 11.4 Å². The van der Waals surface area contributed by atoms with Gasteiger partial charge in [-0.2, -0.15) is 0 Å². The third kappa shape index (κ3) is 3.76. The lowest BCUT2D eigenvalue weighted by atomic mass is 9.95. The van der Waals surface area contributed by atoms with Crippen molar-refractivity contribution in [3.05, 3.63) is 112 Å². The first kappa shape index (κ1) is 20.9. The Labute approximate surface area is 192 Å². The van der Waals surface area contributed by atoms with E-state index in [0.29, 0.717) is 27.1 Å². The number of amides is 1. The number of aliphatic hydroxyl groups excluding tert-OH is 1. The van der Waals surface area contributed by atoms with Crippen LogP contribution < -0.4 is 0 Å². The third-order valence-electron chi connectivity index (χ3n) is 5.54. The molecule has 0 saturated carbocycles. The van der Waals surface area contributed by atoms with Gasteiger partial charge in [0.05, 0.1) is 11.6 Å². The van der Waals surface area contributed by atoms with Gasteiger partial charge < -0.3 is 14.4 Å². The maximum atomic E-state index is 13.5. The van der Waals surface area contributed by atoms with Crippen LogP contribution in [0, 0.1) is 5.82 Å². The Morgan fingerprint density at radius 1 is 1.09 bits per heavy atom. The summed E-state index contributed by atoms with van der Waals surface area (Å²) in [7, 11) is 0. The van der Waals surface area contributed by atoms with Crippen molar-refractivity contribution >= 4 is 34.3 Å². The second-order valence-corrected chi connectivity index (χ2v) is 8.06. The molecule has 1 unspecified atom stereocenters. The van der Waals surface area contributed by atoms with Crippen LogP contribution in [0.1, 0.15) is 27.7 Å². The molecule has 1 atom stereocenters. The Balaban J connectivity index is 1.58. The van der Waals surface area contributed by atoms with Crippen LogP contribution in [-0.2, 0) is 11.3 Å². The zero-order valence-electron chi connectivity index (χ0n) is 17.0. The fraction of sp³-hybridized carbons (Fsp3) is 0.0800. The quantitative estimate of drug-likeness (QED) is 0.401. The first-order valence-electron chi connectivity index (χ1n) is 10.0. The lowest BCUT2D eigenvalue weighted by Crippen LogP contribution is -2.30. The maximum Gasteiger partial charge on any atom is 0.290 e. The highest BCUT2D eigenvalue weighted by Crippen LogP contribution is 2.40. The van der Waals surface area contributed by atoms with Gasteiger partial charge in [-0.15, -0.1) is 0 Å². The van der Waals surface area contributed by atoms with Crippen molar-refractivity contribution in [3.63, 3.8) is 0 Å². The van der Waals surface area contributed by atoms with E-state index in [-0.39, 0.29) is 17.9 Å². The zero-order chi connectivity index (χ0) is 23.1. The summed E-state index contributed by atoms with van der Waals surface area (Å²) in [5, 5.41) is 11.9. The molecule has 0 bridgehead atoms. The number of hydrogen-bond donors (Lipinski definition) is 1. The van der Waals surface area contributed by atoms with Crippen molar-refractivity contribution in [1.29, 1.82) is 0 Å². The summed E-state index contributed by atoms with van der Waals surface area (Å²) in [6.45, 7) is 0.0582. The first-order valence-corrected chi connectivity index (χ1v) is 10.4. The highest BCUT2D eigenvalue weighted by Gasteiger charge is 2.44. The molecule has 8 heteroatoms. The Morgan fingerprint density at radius 2 is 1.82 bits per heavy atom. The normalized spacial score (nSPS) is 16.1. The number of ketones is 1. The summed E-state index contributed by atoms with van der Waals surface area (Å²) in [5.41, 5.74) is 1.59. The number of Topliss-reactive ketones (excluding diaryl/α,β-unsaturated/α-hetero) is 1. The topological polar surface area (TPSA) is 83.6 Å². The lowest BCUT2D eigenvalue weighted by Gasteiger charge is -2.26. The molecule has 1 aliphatic heterocycles. The number of carbonyl (C=O) groups is 2. The van der Waals surface area contributed by atoms with Crippen LogP contribution >= 0.6 is 11.6 Å². The van der Waals surface area contributed by atoms with E-state index >= 15 is 0 Å². The molecule has 2 aromatic heterocycles. The molecule has 5 rings (SSSR count). The summed E-state index contributed by atoms with van der Waals surface area (Å²) >= 11 is 6.03. The van der Waals surface area contributed by atoms with E-state index in [2.05, 4.69) is 4.98 Å².